The lowest BCUT2D eigenvalue weighted by Crippen LogP contribution is -2.19. The molecule has 2 heteroatoms. The lowest BCUT2D eigenvalue weighted by Gasteiger charge is -2.16. The fourth-order valence-corrected chi connectivity index (χ4v) is 1.49. The van der Waals surface area contributed by atoms with Gasteiger partial charge in [-0.1, -0.05) is 40.0 Å². The van der Waals surface area contributed by atoms with Crippen LogP contribution in [0.15, 0.2) is 0 Å². The summed E-state index contributed by atoms with van der Waals surface area (Å²) in [7, 11) is 1.99. The zero-order valence-corrected chi connectivity index (χ0v) is 10.9. The van der Waals surface area contributed by atoms with Crippen LogP contribution in [0.4, 0.5) is 0 Å². The van der Waals surface area contributed by atoms with Gasteiger partial charge in [-0.25, -0.2) is 0 Å². The van der Waals surface area contributed by atoms with E-state index < -0.39 is 0 Å². The van der Waals surface area contributed by atoms with Gasteiger partial charge in [0, 0.05) is 11.8 Å². The molecule has 0 rings (SSSR count). The van der Waals surface area contributed by atoms with E-state index in [1.807, 2.05) is 27.8 Å². The Labute approximate surface area is 94.8 Å². The van der Waals surface area contributed by atoms with Crippen LogP contribution < -0.4 is 5.32 Å². The highest BCUT2D eigenvalue weighted by atomic mass is 16.1. The second-order valence-electron chi connectivity index (χ2n) is 5.29. The van der Waals surface area contributed by atoms with Gasteiger partial charge >= 0.3 is 0 Å². The molecule has 0 unspecified atom stereocenters. The van der Waals surface area contributed by atoms with Gasteiger partial charge in [-0.05, 0) is 26.4 Å². The Kier molecular flexibility index (Phi) is 7.67. The molecule has 0 aromatic heterocycles. The summed E-state index contributed by atoms with van der Waals surface area (Å²) in [6, 6.07) is 0. The van der Waals surface area contributed by atoms with Gasteiger partial charge in [0.15, 0.2) is 0 Å². The van der Waals surface area contributed by atoms with E-state index in [1.54, 1.807) is 0 Å². The third-order valence-corrected chi connectivity index (χ3v) is 2.67. The fraction of sp³-hybridized carbons (Fsp3) is 0.923. The Bertz CT molecular complexity index is 170. The first-order valence-electron chi connectivity index (χ1n) is 6.16. The van der Waals surface area contributed by atoms with Crippen molar-refractivity contribution < 1.29 is 4.79 Å². The summed E-state index contributed by atoms with van der Waals surface area (Å²) in [5, 5.41) is 3.14. The summed E-state index contributed by atoms with van der Waals surface area (Å²) in [6.45, 7) is 7.12. The van der Waals surface area contributed by atoms with E-state index >= 15 is 0 Å². The van der Waals surface area contributed by atoms with Crippen LogP contribution in [0.5, 0.6) is 0 Å². The first-order valence-corrected chi connectivity index (χ1v) is 6.16. The number of Topliss-reactive ketones (excluding diaryl/α,β-unsaturated/α-hetero) is 1. The number of nitrogens with one attached hydrogen (secondary N) is 1. The molecular formula is C13H27NO. The average Bonchev–Trinajstić information content (AvgIpc) is 2.14. The molecule has 0 fully saturated rings. The summed E-state index contributed by atoms with van der Waals surface area (Å²) < 4.78 is 0. The number of hydrogen-bond acceptors (Lipinski definition) is 2. The summed E-state index contributed by atoms with van der Waals surface area (Å²) in [6.07, 6.45) is 6.82. The number of rotatable bonds is 8. The molecule has 0 atom stereocenters. The zero-order chi connectivity index (χ0) is 11.7. The molecule has 15 heavy (non-hydrogen) atoms. The zero-order valence-electron chi connectivity index (χ0n) is 10.9. The monoisotopic (exact) mass is 213 g/mol. The maximum Gasteiger partial charge on any atom is 0.138 e. The molecule has 0 bridgehead atoms. The molecule has 0 aliphatic rings. The van der Waals surface area contributed by atoms with Crippen LogP contribution in [0, 0.1) is 5.41 Å². The molecule has 0 heterocycles. The van der Waals surface area contributed by atoms with Crippen LogP contribution in [0.25, 0.3) is 0 Å². The number of unbranched alkanes of at least 4 members (excludes halogenated alkanes) is 4. The first kappa shape index (κ1) is 14.6. The van der Waals surface area contributed by atoms with Gasteiger partial charge in [0.2, 0.25) is 0 Å². The van der Waals surface area contributed by atoms with Crippen LogP contribution in [0.3, 0.4) is 0 Å². The molecule has 0 radical (unpaired) electrons. The van der Waals surface area contributed by atoms with E-state index in [0.717, 1.165) is 19.4 Å². The van der Waals surface area contributed by atoms with Crippen molar-refractivity contribution in [1.29, 1.82) is 0 Å². The highest BCUT2D eigenvalue weighted by Crippen LogP contribution is 2.18. The Balaban J connectivity index is 3.28. The van der Waals surface area contributed by atoms with E-state index in [-0.39, 0.29) is 5.41 Å². The topological polar surface area (TPSA) is 29.1 Å². The highest BCUT2D eigenvalue weighted by molar-refractivity contribution is 5.83. The van der Waals surface area contributed by atoms with Crippen molar-refractivity contribution in [3.63, 3.8) is 0 Å². The SMILES string of the molecule is CNCCCCCCCC(=O)C(C)(C)C. The van der Waals surface area contributed by atoms with Crippen molar-refractivity contribution in [1.82, 2.24) is 5.32 Å². The fourth-order valence-electron chi connectivity index (χ4n) is 1.49. The van der Waals surface area contributed by atoms with Crippen molar-refractivity contribution >= 4 is 5.78 Å². The van der Waals surface area contributed by atoms with Crippen LogP contribution in [0.2, 0.25) is 0 Å². The molecule has 2 nitrogen and oxygen atoms in total. The second-order valence-corrected chi connectivity index (χ2v) is 5.29. The molecule has 0 aromatic rings. The Morgan fingerprint density at radius 3 is 2.07 bits per heavy atom. The standard InChI is InChI=1S/C13H27NO/c1-13(2,3)12(15)10-8-6-5-7-9-11-14-4/h14H,5-11H2,1-4H3. The van der Waals surface area contributed by atoms with Gasteiger partial charge in [-0.15, -0.1) is 0 Å². The van der Waals surface area contributed by atoms with Gasteiger partial charge in [0.05, 0.1) is 0 Å². The number of carbonyl (C=O) groups excluding carboxylic acids is 1. The first-order chi connectivity index (χ1) is 6.98. The van der Waals surface area contributed by atoms with E-state index in [2.05, 4.69) is 5.32 Å². The number of ketones is 1. The van der Waals surface area contributed by atoms with Crippen LogP contribution in [-0.2, 0) is 4.79 Å². The minimum absolute atomic E-state index is 0.147. The number of hydrogen-bond donors (Lipinski definition) is 1. The highest BCUT2D eigenvalue weighted by Gasteiger charge is 2.19. The molecule has 1 N–H and O–H groups in total. The van der Waals surface area contributed by atoms with Gasteiger partial charge in [-0.2, -0.15) is 0 Å². The molecule has 0 amide bonds. The molecule has 0 aromatic carbocycles. The molecular weight excluding hydrogens is 186 g/mol. The lowest BCUT2D eigenvalue weighted by molar-refractivity contribution is -0.126. The summed E-state index contributed by atoms with van der Waals surface area (Å²) in [5.74, 6) is 0.401. The van der Waals surface area contributed by atoms with Crippen LogP contribution in [0.1, 0.15) is 59.3 Å². The van der Waals surface area contributed by atoms with Crippen molar-refractivity contribution in [3.8, 4) is 0 Å². The molecule has 0 saturated heterocycles. The van der Waals surface area contributed by atoms with E-state index in [1.165, 1.54) is 25.7 Å². The van der Waals surface area contributed by atoms with Crippen molar-refractivity contribution in [3.05, 3.63) is 0 Å². The molecule has 0 aliphatic carbocycles. The van der Waals surface area contributed by atoms with Crippen molar-refractivity contribution in [2.45, 2.75) is 59.3 Å². The smallest absolute Gasteiger partial charge is 0.138 e. The van der Waals surface area contributed by atoms with Gasteiger partial charge in [0.1, 0.15) is 5.78 Å². The summed E-state index contributed by atoms with van der Waals surface area (Å²) in [4.78, 5) is 11.6. The molecule has 0 saturated carbocycles. The second kappa shape index (κ2) is 7.86. The predicted octanol–water partition coefficient (Wildman–Crippen LogP) is 3.16. The third kappa shape index (κ3) is 8.61. The molecule has 0 aliphatic heterocycles. The van der Waals surface area contributed by atoms with Gasteiger partial charge in [-0.3, -0.25) is 4.79 Å². The normalized spacial score (nSPS) is 11.7. The summed E-state index contributed by atoms with van der Waals surface area (Å²) >= 11 is 0. The average molecular weight is 213 g/mol. The minimum Gasteiger partial charge on any atom is -0.320 e. The lowest BCUT2D eigenvalue weighted by atomic mass is 9.88. The van der Waals surface area contributed by atoms with Crippen molar-refractivity contribution in [2.24, 2.45) is 5.41 Å². The Morgan fingerprint density at radius 1 is 1.00 bits per heavy atom. The predicted molar refractivity (Wildman–Crippen MR) is 66.1 cm³/mol. The third-order valence-electron chi connectivity index (χ3n) is 2.67. The van der Waals surface area contributed by atoms with E-state index in [9.17, 15) is 4.79 Å². The van der Waals surface area contributed by atoms with E-state index in [4.69, 9.17) is 0 Å². The maximum atomic E-state index is 11.6. The quantitative estimate of drug-likeness (QED) is 0.627. The van der Waals surface area contributed by atoms with Crippen LogP contribution in [-0.4, -0.2) is 19.4 Å². The Morgan fingerprint density at radius 2 is 1.53 bits per heavy atom. The largest absolute Gasteiger partial charge is 0.320 e. The van der Waals surface area contributed by atoms with E-state index in [0.29, 0.717) is 5.78 Å². The Hall–Kier alpha value is -0.370. The summed E-state index contributed by atoms with van der Waals surface area (Å²) in [5.41, 5.74) is -0.147. The maximum absolute atomic E-state index is 11.6. The van der Waals surface area contributed by atoms with Crippen LogP contribution >= 0.6 is 0 Å². The molecule has 90 valence electrons. The van der Waals surface area contributed by atoms with Gasteiger partial charge in [0.25, 0.3) is 0 Å². The van der Waals surface area contributed by atoms with Gasteiger partial charge < -0.3 is 5.32 Å². The van der Waals surface area contributed by atoms with Crippen molar-refractivity contribution in [2.75, 3.05) is 13.6 Å². The number of carbonyl (C=O) groups is 1. The minimum atomic E-state index is -0.147. The molecule has 0 spiro atoms.